The number of thioether (sulfide) groups is 1. The molecule has 2 aromatic rings. The fourth-order valence-electron chi connectivity index (χ4n) is 4.29. The van der Waals surface area contributed by atoms with Gasteiger partial charge >= 0.3 is 0 Å². The number of nitrogens with zero attached hydrogens (tertiary/aromatic N) is 1. The van der Waals surface area contributed by atoms with E-state index in [4.69, 9.17) is 4.74 Å². The fourth-order valence-corrected chi connectivity index (χ4v) is 5.84. The average Bonchev–Trinajstić information content (AvgIpc) is 3.18. The lowest BCUT2D eigenvalue weighted by Crippen LogP contribution is -2.32. The van der Waals surface area contributed by atoms with Crippen LogP contribution in [0.5, 0.6) is 5.75 Å². The van der Waals surface area contributed by atoms with E-state index < -0.39 is 0 Å². The number of likely N-dealkylation sites (tertiary alicyclic amines) is 1. The van der Waals surface area contributed by atoms with E-state index in [1.165, 1.54) is 20.5 Å². The molecule has 152 valence electrons. The average molecular weight is 485 g/mol. The van der Waals surface area contributed by atoms with Gasteiger partial charge in [-0.05, 0) is 68.9 Å². The van der Waals surface area contributed by atoms with Gasteiger partial charge < -0.3 is 9.84 Å². The molecule has 0 spiro atoms. The Morgan fingerprint density at radius 2 is 2.00 bits per heavy atom. The van der Waals surface area contributed by atoms with Crippen LogP contribution in [0, 0.1) is 0 Å². The molecule has 3 nitrogen and oxygen atoms in total. The summed E-state index contributed by atoms with van der Waals surface area (Å²) >= 11 is 5.42. The van der Waals surface area contributed by atoms with Crippen LogP contribution >= 0.6 is 40.1 Å². The van der Waals surface area contributed by atoms with Crippen LogP contribution in [0.1, 0.15) is 50.3 Å². The third-order valence-electron chi connectivity index (χ3n) is 5.57. The van der Waals surface area contributed by atoms with Crippen molar-refractivity contribution in [1.82, 2.24) is 4.90 Å². The standard InChI is InChI=1S/C22H26BrNO2S.ClH/c1-22(2)26-20-12-8-16(13-21(20)27-22)19-11-10-17(24(19)14-25)9-7-15-5-3-4-6-18(15)23;/h3-6,8,12-13,17,19,25H,7,9-11,14H2,1-2H3;1H. The number of aliphatic hydroxyl groups is 1. The van der Waals surface area contributed by atoms with E-state index in [1.54, 1.807) is 11.8 Å². The number of hydrogen-bond donors (Lipinski definition) is 1. The third kappa shape index (κ3) is 4.54. The molecule has 0 amide bonds. The van der Waals surface area contributed by atoms with Gasteiger partial charge in [0.25, 0.3) is 0 Å². The molecule has 2 atom stereocenters. The van der Waals surface area contributed by atoms with E-state index in [0.29, 0.717) is 6.04 Å². The van der Waals surface area contributed by atoms with Crippen molar-refractivity contribution in [2.75, 3.05) is 6.73 Å². The third-order valence-corrected chi connectivity index (χ3v) is 7.46. The van der Waals surface area contributed by atoms with Gasteiger partial charge in [0.15, 0.2) is 4.93 Å². The second-order valence-corrected chi connectivity index (χ2v) is 10.3. The minimum absolute atomic E-state index is 0. The minimum atomic E-state index is -0.196. The zero-order valence-electron chi connectivity index (χ0n) is 16.2. The zero-order chi connectivity index (χ0) is 19.0. The molecule has 0 saturated carbocycles. The van der Waals surface area contributed by atoms with E-state index in [1.807, 2.05) is 0 Å². The van der Waals surface area contributed by atoms with Crippen LogP contribution < -0.4 is 4.74 Å². The Labute approximate surface area is 186 Å². The molecule has 2 aromatic carbocycles. The summed E-state index contributed by atoms with van der Waals surface area (Å²) < 4.78 is 7.15. The van der Waals surface area contributed by atoms with Gasteiger partial charge in [-0.1, -0.05) is 52.0 Å². The monoisotopic (exact) mass is 483 g/mol. The first kappa shape index (κ1) is 22.0. The second kappa shape index (κ2) is 8.97. The highest BCUT2D eigenvalue weighted by atomic mass is 79.9. The van der Waals surface area contributed by atoms with Gasteiger partial charge in [0.05, 0.1) is 11.6 Å². The van der Waals surface area contributed by atoms with Crippen LogP contribution in [0.4, 0.5) is 0 Å². The molecular weight excluding hydrogens is 458 g/mol. The van der Waals surface area contributed by atoms with Crippen LogP contribution in [0.2, 0.25) is 0 Å². The minimum Gasteiger partial charge on any atom is -0.476 e. The number of hydrogen-bond acceptors (Lipinski definition) is 4. The summed E-state index contributed by atoms with van der Waals surface area (Å²) in [5.74, 6) is 0.979. The summed E-state index contributed by atoms with van der Waals surface area (Å²) in [7, 11) is 0. The largest absolute Gasteiger partial charge is 0.476 e. The quantitative estimate of drug-likeness (QED) is 0.549. The van der Waals surface area contributed by atoms with Crippen LogP contribution in [-0.2, 0) is 6.42 Å². The van der Waals surface area contributed by atoms with Crippen molar-refractivity contribution in [1.29, 1.82) is 0 Å². The highest BCUT2D eigenvalue weighted by Gasteiger charge is 2.36. The van der Waals surface area contributed by atoms with E-state index in [-0.39, 0.29) is 30.1 Å². The normalized spacial score (nSPS) is 23.1. The van der Waals surface area contributed by atoms with Gasteiger partial charge in [-0.3, -0.25) is 4.90 Å². The molecule has 0 radical (unpaired) electrons. The van der Waals surface area contributed by atoms with Crippen molar-refractivity contribution in [2.45, 2.75) is 61.4 Å². The van der Waals surface area contributed by atoms with Crippen molar-refractivity contribution >= 4 is 40.1 Å². The Kier molecular flexibility index (Phi) is 7.04. The van der Waals surface area contributed by atoms with E-state index in [9.17, 15) is 5.11 Å². The number of aryl methyl sites for hydroxylation is 1. The summed E-state index contributed by atoms with van der Waals surface area (Å²) in [6, 6.07) is 15.7. The van der Waals surface area contributed by atoms with Crippen LogP contribution in [-0.4, -0.2) is 27.7 Å². The molecule has 0 bridgehead atoms. The Balaban J connectivity index is 0.00000225. The highest BCUT2D eigenvalue weighted by Crippen LogP contribution is 2.49. The van der Waals surface area contributed by atoms with Crippen molar-refractivity contribution in [3.63, 3.8) is 0 Å². The molecule has 2 aliphatic rings. The van der Waals surface area contributed by atoms with Crippen molar-refractivity contribution in [2.24, 2.45) is 0 Å². The van der Waals surface area contributed by atoms with Crippen LogP contribution in [0.15, 0.2) is 51.8 Å². The van der Waals surface area contributed by atoms with Gasteiger partial charge in [0, 0.05) is 16.6 Å². The first-order valence-electron chi connectivity index (χ1n) is 9.59. The first-order valence-corrected chi connectivity index (χ1v) is 11.2. The summed E-state index contributed by atoms with van der Waals surface area (Å²) in [6.07, 6.45) is 4.31. The lowest BCUT2D eigenvalue weighted by Gasteiger charge is -2.28. The maximum absolute atomic E-state index is 10.1. The molecule has 6 heteroatoms. The van der Waals surface area contributed by atoms with Gasteiger partial charge in [-0.2, -0.15) is 0 Å². The lowest BCUT2D eigenvalue weighted by molar-refractivity contribution is 0.0595. The first-order chi connectivity index (χ1) is 13.0. The van der Waals surface area contributed by atoms with E-state index in [2.05, 4.69) is 77.1 Å². The Bertz CT molecular complexity index is 832. The van der Waals surface area contributed by atoms with Gasteiger partial charge in [-0.25, -0.2) is 0 Å². The summed E-state index contributed by atoms with van der Waals surface area (Å²) in [6.45, 7) is 4.31. The van der Waals surface area contributed by atoms with Gasteiger partial charge in [0.1, 0.15) is 5.75 Å². The number of aliphatic hydroxyl groups excluding tert-OH is 1. The molecular formula is C22H27BrClNO2S. The van der Waals surface area contributed by atoms with Crippen molar-refractivity contribution in [3.8, 4) is 5.75 Å². The van der Waals surface area contributed by atoms with E-state index >= 15 is 0 Å². The molecule has 2 heterocycles. The molecule has 4 rings (SSSR count). The fraction of sp³-hybridized carbons (Fsp3) is 0.455. The van der Waals surface area contributed by atoms with Gasteiger partial charge in [0.2, 0.25) is 0 Å². The second-order valence-electron chi connectivity index (χ2n) is 7.84. The smallest absolute Gasteiger partial charge is 0.153 e. The molecule has 0 aliphatic carbocycles. The predicted octanol–water partition coefficient (Wildman–Crippen LogP) is 6.18. The number of fused-ring (bicyclic) bond motifs is 1. The number of rotatable bonds is 5. The molecule has 0 aromatic heterocycles. The number of ether oxygens (including phenoxy) is 1. The van der Waals surface area contributed by atoms with Crippen LogP contribution in [0.3, 0.4) is 0 Å². The zero-order valence-corrected chi connectivity index (χ0v) is 19.4. The van der Waals surface area contributed by atoms with E-state index in [0.717, 1.165) is 31.4 Å². The SMILES string of the molecule is CC1(C)Oc2ccc(C3CCC(CCc4ccccc4Br)N3CO)cc2S1.Cl. The predicted molar refractivity (Wildman–Crippen MR) is 121 cm³/mol. The Hall–Kier alpha value is -0.720. The lowest BCUT2D eigenvalue weighted by atomic mass is 10.0. The molecule has 1 N–H and O–H groups in total. The molecule has 1 saturated heterocycles. The Morgan fingerprint density at radius 3 is 2.75 bits per heavy atom. The molecule has 28 heavy (non-hydrogen) atoms. The molecule has 2 aliphatic heterocycles. The maximum atomic E-state index is 10.1. The topological polar surface area (TPSA) is 32.7 Å². The molecule has 1 fully saturated rings. The summed E-state index contributed by atoms with van der Waals surface area (Å²) in [5, 5.41) is 10.1. The van der Waals surface area contributed by atoms with Gasteiger partial charge in [-0.15, -0.1) is 12.4 Å². The van der Waals surface area contributed by atoms with Crippen molar-refractivity contribution in [3.05, 3.63) is 58.1 Å². The van der Waals surface area contributed by atoms with Crippen molar-refractivity contribution < 1.29 is 9.84 Å². The number of halogens is 2. The maximum Gasteiger partial charge on any atom is 0.153 e. The Morgan fingerprint density at radius 1 is 1.21 bits per heavy atom. The summed E-state index contributed by atoms with van der Waals surface area (Å²) in [4.78, 5) is 3.29. The van der Waals surface area contributed by atoms with Crippen LogP contribution in [0.25, 0.3) is 0 Å². The summed E-state index contributed by atoms with van der Waals surface area (Å²) in [5.41, 5.74) is 2.63. The number of benzene rings is 2. The molecule has 2 unspecified atom stereocenters. The highest BCUT2D eigenvalue weighted by molar-refractivity contribution is 9.10.